The van der Waals surface area contributed by atoms with Crippen molar-refractivity contribution in [1.29, 1.82) is 0 Å². The molecule has 2 heteroatoms. The molecule has 0 aliphatic heterocycles. The molecule has 0 amide bonds. The molecule has 0 aliphatic rings. The minimum absolute atomic E-state index is 0.585. The van der Waals surface area contributed by atoms with Gasteiger partial charge in [0, 0.05) is 12.1 Å². The number of hydrogen-bond acceptors (Lipinski definition) is 2. The summed E-state index contributed by atoms with van der Waals surface area (Å²) >= 11 is 0. The number of aryl methyl sites for hydroxylation is 1. The molecule has 0 unspecified atom stereocenters. The Morgan fingerprint density at radius 3 is 2.38 bits per heavy atom. The van der Waals surface area contributed by atoms with Crippen LogP contribution in [-0.2, 0) is 19.6 Å². The van der Waals surface area contributed by atoms with Crippen LogP contribution in [0.2, 0.25) is 0 Å². The number of rotatable bonds is 8. The van der Waals surface area contributed by atoms with Crippen molar-refractivity contribution >= 4 is 10.8 Å². The molecule has 0 aliphatic carbocycles. The van der Waals surface area contributed by atoms with E-state index in [0.29, 0.717) is 6.61 Å². The van der Waals surface area contributed by atoms with E-state index in [4.69, 9.17) is 4.74 Å². The van der Waals surface area contributed by atoms with Gasteiger partial charge >= 0.3 is 0 Å². The normalized spacial score (nSPS) is 10.9. The number of benzene rings is 4. The lowest BCUT2D eigenvalue weighted by atomic mass is 10.0. The fourth-order valence-electron chi connectivity index (χ4n) is 3.65. The van der Waals surface area contributed by atoms with Crippen molar-refractivity contribution in [2.75, 3.05) is 6.54 Å². The molecule has 0 bridgehead atoms. The summed E-state index contributed by atoms with van der Waals surface area (Å²) in [5.74, 6) is 0.958. The van der Waals surface area contributed by atoms with E-state index in [0.717, 1.165) is 25.3 Å². The van der Waals surface area contributed by atoms with Gasteiger partial charge in [-0.05, 0) is 53.4 Å². The van der Waals surface area contributed by atoms with Crippen LogP contribution in [0.15, 0.2) is 91.0 Å². The molecule has 0 saturated heterocycles. The molecule has 146 valence electrons. The Bertz CT molecular complexity index is 1070. The molecule has 2 nitrogen and oxygen atoms in total. The molecule has 0 aromatic heterocycles. The molecule has 29 heavy (non-hydrogen) atoms. The Kier molecular flexibility index (Phi) is 6.23. The smallest absolute Gasteiger partial charge is 0.124 e. The maximum atomic E-state index is 6.29. The fraction of sp³-hybridized carbons (Fsp3) is 0.185. The van der Waals surface area contributed by atoms with Gasteiger partial charge in [-0.3, -0.25) is 0 Å². The van der Waals surface area contributed by atoms with Crippen molar-refractivity contribution in [2.45, 2.75) is 26.5 Å². The van der Waals surface area contributed by atoms with E-state index in [1.165, 1.54) is 33.0 Å². The van der Waals surface area contributed by atoms with Crippen LogP contribution in [-0.4, -0.2) is 6.54 Å². The van der Waals surface area contributed by atoms with E-state index in [1.807, 2.05) is 0 Å². The highest BCUT2D eigenvalue weighted by Crippen LogP contribution is 2.29. The Labute approximate surface area is 173 Å². The third kappa shape index (κ3) is 4.85. The summed E-state index contributed by atoms with van der Waals surface area (Å²) in [6, 6.07) is 31.8. The molecule has 4 aromatic rings. The van der Waals surface area contributed by atoms with Gasteiger partial charge in [0.25, 0.3) is 0 Å². The zero-order valence-electron chi connectivity index (χ0n) is 16.9. The second-order valence-electron chi connectivity index (χ2n) is 7.39. The molecule has 0 saturated carbocycles. The van der Waals surface area contributed by atoms with Crippen molar-refractivity contribution in [3.05, 3.63) is 113 Å². The largest absolute Gasteiger partial charge is 0.489 e. The molecule has 0 fully saturated rings. The van der Waals surface area contributed by atoms with E-state index in [9.17, 15) is 0 Å². The summed E-state index contributed by atoms with van der Waals surface area (Å²) in [6.07, 6.45) is 1.02. The lowest BCUT2D eigenvalue weighted by Crippen LogP contribution is -2.17. The van der Waals surface area contributed by atoms with Crippen LogP contribution in [0.1, 0.15) is 22.3 Å². The molecule has 4 aromatic carbocycles. The third-order valence-electron chi connectivity index (χ3n) is 5.38. The second-order valence-corrected chi connectivity index (χ2v) is 7.39. The van der Waals surface area contributed by atoms with Crippen molar-refractivity contribution in [2.24, 2.45) is 0 Å². The van der Waals surface area contributed by atoms with Crippen LogP contribution in [0.3, 0.4) is 0 Å². The SMILES string of the molecule is Cc1ccccc1COc1ccc2ccccc2c1CNCCc1ccccc1. The van der Waals surface area contributed by atoms with Gasteiger partial charge in [0.1, 0.15) is 12.4 Å². The first-order valence-electron chi connectivity index (χ1n) is 10.2. The van der Waals surface area contributed by atoms with E-state index in [2.05, 4.69) is 103 Å². The van der Waals surface area contributed by atoms with Crippen LogP contribution in [0.25, 0.3) is 10.8 Å². The quantitative estimate of drug-likeness (QED) is 0.375. The molecule has 1 N–H and O–H groups in total. The Morgan fingerprint density at radius 2 is 1.52 bits per heavy atom. The monoisotopic (exact) mass is 381 g/mol. The molecular formula is C27H27NO. The first-order valence-corrected chi connectivity index (χ1v) is 10.2. The first-order chi connectivity index (χ1) is 14.3. The molecular weight excluding hydrogens is 354 g/mol. The molecule has 0 spiro atoms. The van der Waals surface area contributed by atoms with Crippen LogP contribution in [0.5, 0.6) is 5.75 Å². The van der Waals surface area contributed by atoms with Gasteiger partial charge in [0.05, 0.1) is 0 Å². The van der Waals surface area contributed by atoms with Gasteiger partial charge in [-0.15, -0.1) is 0 Å². The highest BCUT2D eigenvalue weighted by molar-refractivity contribution is 5.87. The predicted octanol–water partition coefficient (Wildman–Crippen LogP) is 6.06. The molecule has 0 atom stereocenters. The van der Waals surface area contributed by atoms with Crippen LogP contribution >= 0.6 is 0 Å². The van der Waals surface area contributed by atoms with Crippen molar-refractivity contribution in [3.63, 3.8) is 0 Å². The number of fused-ring (bicyclic) bond motifs is 1. The van der Waals surface area contributed by atoms with Crippen molar-refractivity contribution < 1.29 is 4.74 Å². The van der Waals surface area contributed by atoms with E-state index in [1.54, 1.807) is 0 Å². The van der Waals surface area contributed by atoms with Gasteiger partial charge in [0.15, 0.2) is 0 Å². The number of hydrogen-bond donors (Lipinski definition) is 1. The summed E-state index contributed by atoms with van der Waals surface area (Å²) in [6.45, 7) is 4.44. The summed E-state index contributed by atoms with van der Waals surface area (Å²) in [5.41, 5.74) is 5.07. The highest BCUT2D eigenvalue weighted by Gasteiger charge is 2.10. The fourth-order valence-corrected chi connectivity index (χ4v) is 3.65. The molecule has 4 rings (SSSR count). The highest BCUT2D eigenvalue weighted by atomic mass is 16.5. The third-order valence-corrected chi connectivity index (χ3v) is 5.38. The van der Waals surface area contributed by atoms with Crippen molar-refractivity contribution in [1.82, 2.24) is 5.32 Å². The summed E-state index contributed by atoms with van der Waals surface area (Å²) in [7, 11) is 0. The maximum absolute atomic E-state index is 6.29. The standard InChI is InChI=1S/C27H27NO/c1-21-9-5-6-13-24(21)20-29-27-16-15-23-12-7-8-14-25(23)26(27)19-28-18-17-22-10-3-2-4-11-22/h2-16,28H,17-20H2,1H3. The summed E-state index contributed by atoms with van der Waals surface area (Å²) in [5, 5.41) is 6.11. The topological polar surface area (TPSA) is 21.3 Å². The maximum Gasteiger partial charge on any atom is 0.124 e. The predicted molar refractivity (Wildman–Crippen MR) is 121 cm³/mol. The van der Waals surface area contributed by atoms with E-state index < -0.39 is 0 Å². The van der Waals surface area contributed by atoms with Gasteiger partial charge in [-0.25, -0.2) is 0 Å². The molecule has 0 heterocycles. The molecule has 0 radical (unpaired) electrons. The van der Waals surface area contributed by atoms with Crippen LogP contribution in [0, 0.1) is 6.92 Å². The Balaban J connectivity index is 1.50. The van der Waals surface area contributed by atoms with Crippen molar-refractivity contribution in [3.8, 4) is 5.75 Å². The number of ether oxygens (including phenoxy) is 1. The van der Waals surface area contributed by atoms with Gasteiger partial charge in [0.2, 0.25) is 0 Å². The van der Waals surface area contributed by atoms with Crippen LogP contribution < -0.4 is 10.1 Å². The lowest BCUT2D eigenvalue weighted by Gasteiger charge is -2.16. The first kappa shape index (κ1) is 19.2. The Morgan fingerprint density at radius 1 is 0.759 bits per heavy atom. The average molecular weight is 382 g/mol. The number of nitrogens with one attached hydrogen (secondary N) is 1. The van der Waals surface area contributed by atoms with Gasteiger partial charge in [-0.1, -0.05) is 84.9 Å². The van der Waals surface area contributed by atoms with Gasteiger partial charge < -0.3 is 10.1 Å². The van der Waals surface area contributed by atoms with E-state index >= 15 is 0 Å². The lowest BCUT2D eigenvalue weighted by molar-refractivity contribution is 0.302. The zero-order valence-corrected chi connectivity index (χ0v) is 16.9. The second kappa shape index (κ2) is 9.40. The minimum Gasteiger partial charge on any atom is -0.489 e. The Hall–Kier alpha value is -3.10. The average Bonchev–Trinajstić information content (AvgIpc) is 2.77. The summed E-state index contributed by atoms with van der Waals surface area (Å²) < 4.78 is 6.29. The summed E-state index contributed by atoms with van der Waals surface area (Å²) in [4.78, 5) is 0. The van der Waals surface area contributed by atoms with Crippen LogP contribution in [0.4, 0.5) is 0 Å². The van der Waals surface area contributed by atoms with Gasteiger partial charge in [-0.2, -0.15) is 0 Å². The van der Waals surface area contributed by atoms with E-state index in [-0.39, 0.29) is 0 Å². The minimum atomic E-state index is 0.585. The zero-order chi connectivity index (χ0) is 19.9.